The molecule has 0 aliphatic carbocycles. The minimum absolute atomic E-state index is 0.0324. The first-order valence-corrected chi connectivity index (χ1v) is 3.41. The number of nitrogens with zero attached hydrogens (tertiary/aromatic N) is 1. The Hall–Kier alpha value is -0.830. The molecule has 0 aromatic rings. The molecule has 0 radical (unpaired) electrons. The summed E-state index contributed by atoms with van der Waals surface area (Å²) in [7, 11) is 0. The number of carbonyl (C=O) groups is 1. The van der Waals surface area contributed by atoms with Crippen LogP contribution in [0.1, 0.15) is 6.92 Å². The van der Waals surface area contributed by atoms with E-state index in [1.54, 1.807) is 11.8 Å². The largest absolute Gasteiger partial charge is 0.334 e. The van der Waals surface area contributed by atoms with Gasteiger partial charge >= 0.3 is 0 Å². The van der Waals surface area contributed by atoms with Gasteiger partial charge in [0.1, 0.15) is 0 Å². The Morgan fingerprint density at radius 1 is 1.60 bits per heavy atom. The van der Waals surface area contributed by atoms with Crippen molar-refractivity contribution in [2.75, 3.05) is 13.1 Å². The first-order chi connectivity index (χ1) is 4.72. The SMILES string of the molecule is CC(N)C(=O)N1CC=CC1. The Morgan fingerprint density at radius 2 is 2.10 bits per heavy atom. The van der Waals surface area contributed by atoms with E-state index in [0.717, 1.165) is 13.1 Å². The third-order valence-electron chi connectivity index (χ3n) is 1.52. The second kappa shape index (κ2) is 2.84. The number of hydrogen-bond acceptors (Lipinski definition) is 2. The lowest BCUT2D eigenvalue weighted by atomic mass is 10.3. The maximum atomic E-state index is 11.1. The molecule has 1 atom stereocenters. The van der Waals surface area contributed by atoms with E-state index < -0.39 is 0 Å². The Kier molecular flexibility index (Phi) is 2.06. The molecule has 1 aliphatic rings. The van der Waals surface area contributed by atoms with Crippen LogP contribution in [0.3, 0.4) is 0 Å². The predicted octanol–water partition coefficient (Wildman–Crippen LogP) is -0.268. The highest BCUT2D eigenvalue weighted by Gasteiger charge is 2.16. The molecule has 1 aliphatic heterocycles. The van der Waals surface area contributed by atoms with Crippen molar-refractivity contribution in [1.82, 2.24) is 4.90 Å². The van der Waals surface area contributed by atoms with Crippen LogP contribution in [0.15, 0.2) is 12.2 Å². The van der Waals surface area contributed by atoms with E-state index in [9.17, 15) is 4.79 Å². The van der Waals surface area contributed by atoms with E-state index in [1.807, 2.05) is 12.2 Å². The molecule has 10 heavy (non-hydrogen) atoms. The maximum absolute atomic E-state index is 11.1. The van der Waals surface area contributed by atoms with Gasteiger partial charge in [0.2, 0.25) is 5.91 Å². The molecule has 1 amide bonds. The summed E-state index contributed by atoms with van der Waals surface area (Å²) in [6, 6.07) is -0.361. The fraction of sp³-hybridized carbons (Fsp3) is 0.571. The second-order valence-corrected chi connectivity index (χ2v) is 2.50. The van der Waals surface area contributed by atoms with E-state index in [4.69, 9.17) is 5.73 Å². The standard InChI is InChI=1S/C7H12N2O/c1-6(8)7(10)9-4-2-3-5-9/h2-3,6H,4-5,8H2,1H3. The van der Waals surface area contributed by atoms with Crippen LogP contribution >= 0.6 is 0 Å². The topological polar surface area (TPSA) is 46.3 Å². The number of nitrogens with two attached hydrogens (primary N) is 1. The molecule has 0 saturated carbocycles. The lowest BCUT2D eigenvalue weighted by Gasteiger charge is -2.17. The summed E-state index contributed by atoms with van der Waals surface area (Å²) >= 11 is 0. The normalized spacial score (nSPS) is 19.6. The number of rotatable bonds is 1. The van der Waals surface area contributed by atoms with Gasteiger partial charge in [-0.05, 0) is 6.92 Å². The van der Waals surface area contributed by atoms with E-state index >= 15 is 0 Å². The monoisotopic (exact) mass is 140 g/mol. The summed E-state index contributed by atoms with van der Waals surface area (Å²) in [5.41, 5.74) is 5.40. The summed E-state index contributed by atoms with van der Waals surface area (Å²) in [4.78, 5) is 12.8. The quantitative estimate of drug-likeness (QED) is 0.510. The molecular weight excluding hydrogens is 128 g/mol. The van der Waals surface area contributed by atoms with E-state index in [-0.39, 0.29) is 11.9 Å². The van der Waals surface area contributed by atoms with Crippen LogP contribution in [0.2, 0.25) is 0 Å². The number of amides is 1. The van der Waals surface area contributed by atoms with Crippen LogP contribution in [0.5, 0.6) is 0 Å². The average Bonchev–Trinajstić information content (AvgIpc) is 2.36. The highest BCUT2D eigenvalue weighted by Crippen LogP contribution is 2.00. The zero-order valence-corrected chi connectivity index (χ0v) is 6.08. The molecule has 3 heteroatoms. The lowest BCUT2D eigenvalue weighted by Crippen LogP contribution is -2.40. The van der Waals surface area contributed by atoms with E-state index in [1.165, 1.54) is 0 Å². The number of hydrogen-bond donors (Lipinski definition) is 1. The molecule has 0 aromatic heterocycles. The van der Waals surface area contributed by atoms with Crippen LogP contribution in [0.4, 0.5) is 0 Å². The predicted molar refractivity (Wildman–Crippen MR) is 39.4 cm³/mol. The molecule has 0 fully saturated rings. The van der Waals surface area contributed by atoms with Crippen molar-refractivity contribution in [3.63, 3.8) is 0 Å². The van der Waals surface area contributed by atoms with Crippen molar-refractivity contribution < 1.29 is 4.79 Å². The van der Waals surface area contributed by atoms with Crippen LogP contribution in [0, 0.1) is 0 Å². The molecule has 1 rings (SSSR count). The Bertz CT molecular complexity index is 155. The van der Waals surface area contributed by atoms with Gasteiger partial charge in [-0.15, -0.1) is 0 Å². The van der Waals surface area contributed by atoms with Crippen LogP contribution in [0.25, 0.3) is 0 Å². The maximum Gasteiger partial charge on any atom is 0.239 e. The van der Waals surface area contributed by atoms with Gasteiger partial charge in [0.25, 0.3) is 0 Å². The molecule has 1 heterocycles. The summed E-state index contributed by atoms with van der Waals surface area (Å²) in [6.07, 6.45) is 3.94. The van der Waals surface area contributed by atoms with Gasteiger partial charge in [-0.1, -0.05) is 12.2 Å². The van der Waals surface area contributed by atoms with Crippen molar-refractivity contribution in [2.24, 2.45) is 5.73 Å². The minimum Gasteiger partial charge on any atom is -0.334 e. The van der Waals surface area contributed by atoms with Gasteiger partial charge < -0.3 is 10.6 Å². The van der Waals surface area contributed by atoms with Crippen molar-refractivity contribution in [3.05, 3.63) is 12.2 Å². The first kappa shape index (κ1) is 7.28. The smallest absolute Gasteiger partial charge is 0.239 e. The highest BCUT2D eigenvalue weighted by atomic mass is 16.2. The van der Waals surface area contributed by atoms with E-state index in [0.29, 0.717) is 0 Å². The minimum atomic E-state index is -0.361. The lowest BCUT2D eigenvalue weighted by molar-refractivity contribution is -0.130. The van der Waals surface area contributed by atoms with Gasteiger partial charge in [0.15, 0.2) is 0 Å². The Balaban J connectivity index is 2.43. The fourth-order valence-corrected chi connectivity index (χ4v) is 0.946. The Labute approximate surface area is 60.5 Å². The molecule has 2 N–H and O–H groups in total. The van der Waals surface area contributed by atoms with Crippen LogP contribution in [-0.2, 0) is 4.79 Å². The van der Waals surface area contributed by atoms with Gasteiger partial charge in [0, 0.05) is 13.1 Å². The molecule has 0 bridgehead atoms. The summed E-state index contributed by atoms with van der Waals surface area (Å²) in [6.45, 7) is 3.15. The third-order valence-corrected chi connectivity index (χ3v) is 1.52. The molecule has 3 nitrogen and oxygen atoms in total. The zero-order valence-electron chi connectivity index (χ0n) is 6.08. The molecule has 0 aromatic carbocycles. The fourth-order valence-electron chi connectivity index (χ4n) is 0.946. The molecular formula is C7H12N2O. The van der Waals surface area contributed by atoms with Crippen LogP contribution in [-0.4, -0.2) is 29.9 Å². The summed E-state index contributed by atoms with van der Waals surface area (Å²) in [5, 5.41) is 0. The molecule has 56 valence electrons. The summed E-state index contributed by atoms with van der Waals surface area (Å²) in [5.74, 6) is 0.0324. The summed E-state index contributed by atoms with van der Waals surface area (Å²) < 4.78 is 0. The van der Waals surface area contributed by atoms with Crippen molar-refractivity contribution in [3.8, 4) is 0 Å². The average molecular weight is 140 g/mol. The highest BCUT2D eigenvalue weighted by molar-refractivity contribution is 5.81. The van der Waals surface area contributed by atoms with E-state index in [2.05, 4.69) is 0 Å². The van der Waals surface area contributed by atoms with Crippen molar-refractivity contribution in [2.45, 2.75) is 13.0 Å². The van der Waals surface area contributed by atoms with Crippen molar-refractivity contribution in [1.29, 1.82) is 0 Å². The van der Waals surface area contributed by atoms with Crippen LogP contribution < -0.4 is 5.73 Å². The van der Waals surface area contributed by atoms with Gasteiger partial charge in [0.05, 0.1) is 6.04 Å². The van der Waals surface area contributed by atoms with Crippen molar-refractivity contribution >= 4 is 5.91 Å². The van der Waals surface area contributed by atoms with Gasteiger partial charge in [-0.3, -0.25) is 4.79 Å². The van der Waals surface area contributed by atoms with Gasteiger partial charge in [-0.2, -0.15) is 0 Å². The Morgan fingerprint density at radius 3 is 2.50 bits per heavy atom. The number of carbonyl (C=O) groups excluding carboxylic acids is 1. The first-order valence-electron chi connectivity index (χ1n) is 3.41. The molecule has 1 unspecified atom stereocenters. The molecule has 0 spiro atoms. The van der Waals surface area contributed by atoms with Gasteiger partial charge in [-0.25, -0.2) is 0 Å². The second-order valence-electron chi connectivity index (χ2n) is 2.50. The third kappa shape index (κ3) is 1.36. The zero-order chi connectivity index (χ0) is 7.56. The molecule has 0 saturated heterocycles.